The van der Waals surface area contributed by atoms with Crippen molar-refractivity contribution in [2.45, 2.75) is 13.5 Å². The van der Waals surface area contributed by atoms with Gasteiger partial charge >= 0.3 is 0 Å². The van der Waals surface area contributed by atoms with Gasteiger partial charge in [0.1, 0.15) is 5.75 Å². The van der Waals surface area contributed by atoms with E-state index in [1.807, 2.05) is 43.3 Å². The summed E-state index contributed by atoms with van der Waals surface area (Å²) in [5.74, 6) is 0.182. The van der Waals surface area contributed by atoms with Gasteiger partial charge in [0.25, 0.3) is 0 Å². The molecule has 0 saturated carbocycles. The van der Waals surface area contributed by atoms with Crippen molar-refractivity contribution >= 4 is 10.9 Å². The topological polar surface area (TPSA) is 53.4 Å². The Morgan fingerprint density at radius 3 is 2.65 bits per heavy atom. The van der Waals surface area contributed by atoms with Crippen LogP contribution in [-0.2, 0) is 6.61 Å². The Kier molecular flexibility index (Phi) is 3.12. The molecule has 1 heterocycles. The van der Waals surface area contributed by atoms with Crippen LogP contribution >= 0.6 is 0 Å². The summed E-state index contributed by atoms with van der Waals surface area (Å²) in [5, 5.41) is 20.0. The Morgan fingerprint density at radius 1 is 1.05 bits per heavy atom. The third-order valence-corrected chi connectivity index (χ3v) is 3.35. The zero-order valence-electron chi connectivity index (χ0n) is 11.2. The minimum absolute atomic E-state index is 0.0466. The Morgan fingerprint density at radius 2 is 1.90 bits per heavy atom. The van der Waals surface area contributed by atoms with Crippen LogP contribution in [0.2, 0.25) is 0 Å². The lowest BCUT2D eigenvalue weighted by molar-refractivity contribution is 0.282. The van der Waals surface area contributed by atoms with Crippen molar-refractivity contribution in [2.24, 2.45) is 0 Å². The van der Waals surface area contributed by atoms with Crippen LogP contribution in [0, 0.1) is 6.92 Å². The number of hydrogen-bond donors (Lipinski definition) is 2. The highest BCUT2D eigenvalue weighted by atomic mass is 16.3. The van der Waals surface area contributed by atoms with E-state index >= 15 is 0 Å². The molecule has 3 rings (SSSR count). The maximum atomic E-state index is 10.2. The van der Waals surface area contributed by atoms with Crippen LogP contribution in [0.5, 0.6) is 5.75 Å². The summed E-state index contributed by atoms with van der Waals surface area (Å²) in [6.07, 6.45) is 0. The van der Waals surface area contributed by atoms with Gasteiger partial charge in [-0.15, -0.1) is 0 Å². The minimum atomic E-state index is -0.0466. The normalized spacial score (nSPS) is 10.9. The molecule has 0 aliphatic carbocycles. The number of aliphatic hydroxyl groups excluding tert-OH is 1. The van der Waals surface area contributed by atoms with Gasteiger partial charge in [-0.1, -0.05) is 29.8 Å². The van der Waals surface area contributed by atoms with Crippen LogP contribution in [0.3, 0.4) is 0 Å². The van der Waals surface area contributed by atoms with Crippen molar-refractivity contribution in [2.75, 3.05) is 0 Å². The lowest BCUT2D eigenvalue weighted by atomic mass is 10.1. The first-order valence-corrected chi connectivity index (χ1v) is 6.48. The average Bonchev–Trinajstić information content (AvgIpc) is 2.47. The van der Waals surface area contributed by atoms with Gasteiger partial charge in [-0.05, 0) is 30.7 Å². The zero-order chi connectivity index (χ0) is 14.1. The van der Waals surface area contributed by atoms with E-state index in [2.05, 4.69) is 4.98 Å². The van der Waals surface area contributed by atoms with Crippen LogP contribution in [0.1, 0.15) is 11.1 Å². The van der Waals surface area contributed by atoms with Crippen LogP contribution in [0.25, 0.3) is 22.2 Å². The molecule has 0 amide bonds. The number of aliphatic hydroxyl groups is 1. The Bertz CT molecular complexity index is 781. The molecule has 0 saturated heterocycles. The number of pyridine rings is 1. The maximum absolute atomic E-state index is 10.2. The molecule has 1 aromatic heterocycles. The number of aromatic hydroxyl groups is 1. The molecule has 3 nitrogen and oxygen atoms in total. The summed E-state index contributed by atoms with van der Waals surface area (Å²) in [7, 11) is 0. The van der Waals surface area contributed by atoms with Crippen molar-refractivity contribution in [1.82, 2.24) is 4.98 Å². The molecule has 0 fully saturated rings. The molecule has 0 aliphatic rings. The first-order chi connectivity index (χ1) is 9.67. The molecule has 100 valence electrons. The van der Waals surface area contributed by atoms with Crippen LogP contribution in [-0.4, -0.2) is 15.2 Å². The fourth-order valence-electron chi connectivity index (χ4n) is 2.31. The number of fused-ring (bicyclic) bond motifs is 1. The van der Waals surface area contributed by atoms with Crippen LogP contribution in [0.4, 0.5) is 0 Å². The van der Waals surface area contributed by atoms with E-state index in [9.17, 15) is 5.11 Å². The summed E-state index contributed by atoms with van der Waals surface area (Å²) in [6, 6.07) is 15.1. The molecule has 3 aromatic rings. The van der Waals surface area contributed by atoms with E-state index in [0.717, 1.165) is 27.9 Å². The standard InChI is InChI=1S/C17H15NO2/c1-11-3-2-4-13(7-11)16-9-17(20)14-8-12(10-19)5-6-15(14)18-16/h2-9,19H,10H2,1H3,(H,18,20). The van der Waals surface area contributed by atoms with Gasteiger partial charge in [0.15, 0.2) is 0 Å². The second-order valence-corrected chi connectivity index (χ2v) is 4.91. The van der Waals surface area contributed by atoms with Crippen molar-refractivity contribution in [3.8, 4) is 17.0 Å². The molecule has 0 radical (unpaired) electrons. The highest BCUT2D eigenvalue weighted by Gasteiger charge is 2.07. The summed E-state index contributed by atoms with van der Waals surface area (Å²) in [6.45, 7) is 1.98. The molecule has 0 spiro atoms. The van der Waals surface area contributed by atoms with Crippen molar-refractivity contribution < 1.29 is 10.2 Å². The summed E-state index contributed by atoms with van der Waals surface area (Å²) in [4.78, 5) is 4.58. The number of rotatable bonds is 2. The van der Waals surface area contributed by atoms with Gasteiger partial charge in [0, 0.05) is 17.0 Å². The third kappa shape index (κ3) is 2.24. The molecule has 3 heteroatoms. The van der Waals surface area contributed by atoms with Gasteiger partial charge in [-0.25, -0.2) is 4.98 Å². The number of hydrogen-bond acceptors (Lipinski definition) is 3. The van der Waals surface area contributed by atoms with Crippen LogP contribution < -0.4 is 0 Å². The Hall–Kier alpha value is -2.39. The van der Waals surface area contributed by atoms with E-state index < -0.39 is 0 Å². The van der Waals surface area contributed by atoms with E-state index in [-0.39, 0.29) is 12.4 Å². The minimum Gasteiger partial charge on any atom is -0.507 e. The second-order valence-electron chi connectivity index (χ2n) is 4.91. The van der Waals surface area contributed by atoms with Crippen molar-refractivity contribution in [3.63, 3.8) is 0 Å². The van der Waals surface area contributed by atoms with Crippen molar-refractivity contribution in [1.29, 1.82) is 0 Å². The average molecular weight is 265 g/mol. The highest BCUT2D eigenvalue weighted by molar-refractivity contribution is 5.88. The molecule has 0 unspecified atom stereocenters. The summed E-state index contributed by atoms with van der Waals surface area (Å²) < 4.78 is 0. The van der Waals surface area contributed by atoms with E-state index in [4.69, 9.17) is 5.11 Å². The first kappa shape index (κ1) is 12.6. The third-order valence-electron chi connectivity index (χ3n) is 3.35. The summed E-state index contributed by atoms with van der Waals surface area (Å²) in [5.41, 5.74) is 4.36. The number of aromatic nitrogens is 1. The van der Waals surface area contributed by atoms with Gasteiger partial charge in [-0.3, -0.25) is 0 Å². The smallest absolute Gasteiger partial charge is 0.127 e. The number of nitrogens with zero attached hydrogens (tertiary/aromatic N) is 1. The Labute approximate surface area is 117 Å². The molecular formula is C17H15NO2. The maximum Gasteiger partial charge on any atom is 0.127 e. The monoisotopic (exact) mass is 265 g/mol. The predicted molar refractivity (Wildman–Crippen MR) is 79.5 cm³/mol. The number of benzene rings is 2. The second kappa shape index (κ2) is 4.94. The SMILES string of the molecule is Cc1cccc(-c2cc(O)c3cc(CO)ccc3n2)c1. The zero-order valence-corrected chi connectivity index (χ0v) is 11.2. The fraction of sp³-hybridized carbons (Fsp3) is 0.118. The van der Waals surface area contributed by atoms with Crippen molar-refractivity contribution in [3.05, 3.63) is 59.7 Å². The lowest BCUT2D eigenvalue weighted by Crippen LogP contribution is -1.89. The van der Waals surface area contributed by atoms with Gasteiger partial charge in [0.2, 0.25) is 0 Å². The van der Waals surface area contributed by atoms with E-state index in [0.29, 0.717) is 5.39 Å². The van der Waals surface area contributed by atoms with Gasteiger partial charge in [0.05, 0.1) is 17.8 Å². The lowest BCUT2D eigenvalue weighted by Gasteiger charge is -2.07. The fourth-order valence-corrected chi connectivity index (χ4v) is 2.31. The van der Waals surface area contributed by atoms with E-state index in [1.165, 1.54) is 0 Å². The molecule has 2 N–H and O–H groups in total. The molecule has 0 bridgehead atoms. The molecule has 2 aromatic carbocycles. The predicted octanol–water partition coefficient (Wildman–Crippen LogP) is 3.41. The molecular weight excluding hydrogens is 250 g/mol. The summed E-state index contributed by atoms with van der Waals surface area (Å²) >= 11 is 0. The Balaban J connectivity index is 2.19. The molecule has 0 aliphatic heterocycles. The molecule has 0 atom stereocenters. The first-order valence-electron chi connectivity index (χ1n) is 6.48. The largest absolute Gasteiger partial charge is 0.507 e. The number of aryl methyl sites for hydroxylation is 1. The molecule has 20 heavy (non-hydrogen) atoms. The van der Waals surface area contributed by atoms with Crippen LogP contribution in [0.15, 0.2) is 48.5 Å². The van der Waals surface area contributed by atoms with Gasteiger partial charge < -0.3 is 10.2 Å². The van der Waals surface area contributed by atoms with E-state index in [1.54, 1.807) is 12.1 Å². The van der Waals surface area contributed by atoms with Gasteiger partial charge in [-0.2, -0.15) is 0 Å². The quantitative estimate of drug-likeness (QED) is 0.746. The highest BCUT2D eigenvalue weighted by Crippen LogP contribution is 2.30.